The number of anilines is 2. The summed E-state index contributed by atoms with van der Waals surface area (Å²) in [6, 6.07) is 6.62. The van der Waals surface area contributed by atoms with Crippen LogP contribution in [0.4, 0.5) is 11.4 Å². The highest BCUT2D eigenvalue weighted by molar-refractivity contribution is 5.62. The van der Waals surface area contributed by atoms with Gasteiger partial charge in [0.15, 0.2) is 0 Å². The summed E-state index contributed by atoms with van der Waals surface area (Å²) in [5, 5.41) is 0. The number of benzene rings is 1. The smallest absolute Gasteiger partial charge is 0.144 e. The Balaban J connectivity index is 2.16. The first-order valence-electron chi connectivity index (χ1n) is 6.38. The topological polar surface area (TPSA) is 38.5 Å². The third-order valence-electron chi connectivity index (χ3n) is 3.62. The Morgan fingerprint density at radius 2 is 2.18 bits per heavy atom. The van der Waals surface area contributed by atoms with E-state index in [2.05, 4.69) is 24.9 Å². The number of nitrogens with two attached hydrogens (primary N) is 1. The van der Waals surface area contributed by atoms with E-state index in [9.17, 15) is 0 Å². The van der Waals surface area contributed by atoms with E-state index in [1.165, 1.54) is 18.5 Å². The molecule has 1 saturated carbocycles. The van der Waals surface area contributed by atoms with E-state index >= 15 is 0 Å². The minimum absolute atomic E-state index is 0.591. The maximum absolute atomic E-state index is 5.88. The van der Waals surface area contributed by atoms with Crippen molar-refractivity contribution in [2.75, 3.05) is 24.3 Å². The molecule has 17 heavy (non-hydrogen) atoms. The van der Waals surface area contributed by atoms with Crippen LogP contribution in [0, 0.1) is 5.92 Å². The number of nitrogen functional groups attached to an aromatic ring is 1. The van der Waals surface area contributed by atoms with Crippen LogP contribution in [-0.2, 0) is 0 Å². The zero-order chi connectivity index (χ0) is 12.4. The first kappa shape index (κ1) is 12.1. The lowest BCUT2D eigenvalue weighted by molar-refractivity contribution is 0.342. The Bertz CT molecular complexity index is 388. The molecule has 1 aromatic rings. The van der Waals surface area contributed by atoms with Gasteiger partial charge in [0, 0.05) is 24.8 Å². The van der Waals surface area contributed by atoms with Crippen LogP contribution >= 0.6 is 0 Å². The molecular formula is C14H22N2O. The fourth-order valence-corrected chi connectivity index (χ4v) is 2.15. The van der Waals surface area contributed by atoms with Crippen LogP contribution in [0.15, 0.2) is 18.2 Å². The van der Waals surface area contributed by atoms with Gasteiger partial charge in [-0.2, -0.15) is 0 Å². The summed E-state index contributed by atoms with van der Waals surface area (Å²) in [5.74, 6) is 1.65. The molecule has 0 heterocycles. The lowest BCUT2D eigenvalue weighted by Crippen LogP contribution is -2.30. The van der Waals surface area contributed by atoms with Gasteiger partial charge in [-0.1, -0.05) is 0 Å². The molecule has 0 radical (unpaired) electrons. The lowest BCUT2D eigenvalue weighted by Gasteiger charge is -2.27. The zero-order valence-corrected chi connectivity index (χ0v) is 10.9. The average molecular weight is 234 g/mol. The second kappa shape index (κ2) is 4.86. The van der Waals surface area contributed by atoms with E-state index in [0.29, 0.717) is 18.3 Å². The number of hydrogen-bond donors (Lipinski definition) is 1. The lowest BCUT2D eigenvalue weighted by atomic mass is 10.1. The summed E-state index contributed by atoms with van der Waals surface area (Å²) in [7, 11) is 2.14. The minimum Gasteiger partial charge on any atom is -0.492 e. The molecule has 2 rings (SSSR count). The van der Waals surface area contributed by atoms with Gasteiger partial charge in [-0.25, -0.2) is 0 Å². The maximum atomic E-state index is 5.88. The second-order valence-corrected chi connectivity index (χ2v) is 4.84. The zero-order valence-electron chi connectivity index (χ0n) is 10.9. The molecule has 0 aromatic heterocycles. The van der Waals surface area contributed by atoms with Crippen molar-refractivity contribution in [3.8, 4) is 5.75 Å². The van der Waals surface area contributed by atoms with Crippen molar-refractivity contribution in [2.45, 2.75) is 32.7 Å². The van der Waals surface area contributed by atoms with Crippen molar-refractivity contribution >= 4 is 11.4 Å². The molecule has 2 N–H and O–H groups in total. The van der Waals surface area contributed by atoms with E-state index in [1.807, 2.05) is 19.1 Å². The Hall–Kier alpha value is -1.38. The highest BCUT2D eigenvalue weighted by Gasteiger charge is 2.30. The molecular weight excluding hydrogens is 212 g/mol. The first-order valence-corrected chi connectivity index (χ1v) is 6.38. The monoisotopic (exact) mass is 234 g/mol. The molecule has 0 saturated heterocycles. The molecule has 1 aliphatic rings. The molecule has 1 aliphatic carbocycles. The summed E-state index contributed by atoms with van der Waals surface area (Å²) >= 11 is 0. The standard InChI is InChI=1S/C14H22N2O/c1-4-17-14-9-12(7-8-13(14)15)16(3)10(2)11-5-6-11/h7-11H,4-6,15H2,1-3H3. The van der Waals surface area contributed by atoms with Crippen LogP contribution in [-0.4, -0.2) is 19.7 Å². The molecule has 3 heteroatoms. The van der Waals surface area contributed by atoms with Crippen molar-refractivity contribution < 1.29 is 4.74 Å². The quantitative estimate of drug-likeness (QED) is 0.796. The predicted octanol–water partition coefficient (Wildman–Crippen LogP) is 2.90. The minimum atomic E-state index is 0.591. The van der Waals surface area contributed by atoms with Gasteiger partial charge in [0.1, 0.15) is 5.75 Å². The van der Waals surface area contributed by atoms with Crippen LogP contribution in [0.2, 0.25) is 0 Å². The van der Waals surface area contributed by atoms with Gasteiger partial charge >= 0.3 is 0 Å². The van der Waals surface area contributed by atoms with Crippen molar-refractivity contribution in [3.05, 3.63) is 18.2 Å². The third kappa shape index (κ3) is 2.65. The molecule has 1 atom stereocenters. The highest BCUT2D eigenvalue weighted by atomic mass is 16.5. The number of nitrogens with zero attached hydrogens (tertiary/aromatic N) is 1. The molecule has 0 bridgehead atoms. The van der Waals surface area contributed by atoms with E-state index in [1.54, 1.807) is 0 Å². The maximum Gasteiger partial charge on any atom is 0.144 e. The molecule has 0 spiro atoms. The summed E-state index contributed by atoms with van der Waals surface area (Å²) in [6.45, 7) is 4.91. The Morgan fingerprint density at radius 1 is 1.47 bits per heavy atom. The van der Waals surface area contributed by atoms with E-state index in [0.717, 1.165) is 11.7 Å². The molecule has 0 aliphatic heterocycles. The van der Waals surface area contributed by atoms with Gasteiger partial charge < -0.3 is 15.4 Å². The van der Waals surface area contributed by atoms with Gasteiger partial charge in [-0.15, -0.1) is 0 Å². The Kier molecular flexibility index (Phi) is 3.46. The van der Waals surface area contributed by atoms with Gasteiger partial charge in [0.05, 0.1) is 12.3 Å². The van der Waals surface area contributed by atoms with Crippen molar-refractivity contribution in [1.29, 1.82) is 0 Å². The number of ether oxygens (including phenoxy) is 1. The van der Waals surface area contributed by atoms with Crippen LogP contribution in [0.3, 0.4) is 0 Å². The Labute approximate surface area is 104 Å². The van der Waals surface area contributed by atoms with Crippen molar-refractivity contribution in [1.82, 2.24) is 0 Å². The fraction of sp³-hybridized carbons (Fsp3) is 0.571. The van der Waals surface area contributed by atoms with E-state index < -0.39 is 0 Å². The fourth-order valence-electron chi connectivity index (χ4n) is 2.15. The first-order chi connectivity index (χ1) is 8.13. The summed E-state index contributed by atoms with van der Waals surface area (Å²) in [4.78, 5) is 2.32. The predicted molar refractivity (Wildman–Crippen MR) is 72.6 cm³/mol. The largest absolute Gasteiger partial charge is 0.492 e. The normalized spacial score (nSPS) is 16.6. The van der Waals surface area contributed by atoms with Crippen molar-refractivity contribution in [2.24, 2.45) is 5.92 Å². The van der Waals surface area contributed by atoms with Crippen LogP contribution in [0.5, 0.6) is 5.75 Å². The number of rotatable bonds is 5. The summed E-state index contributed by atoms with van der Waals surface area (Å²) in [6.07, 6.45) is 2.72. The summed E-state index contributed by atoms with van der Waals surface area (Å²) < 4.78 is 5.53. The van der Waals surface area contributed by atoms with Crippen LogP contribution in [0.1, 0.15) is 26.7 Å². The highest BCUT2D eigenvalue weighted by Crippen LogP contribution is 2.37. The summed E-state index contributed by atoms with van der Waals surface area (Å²) in [5.41, 5.74) is 7.77. The van der Waals surface area contributed by atoms with E-state index in [4.69, 9.17) is 10.5 Å². The molecule has 1 aromatic carbocycles. The van der Waals surface area contributed by atoms with Crippen LogP contribution < -0.4 is 15.4 Å². The van der Waals surface area contributed by atoms with E-state index in [-0.39, 0.29) is 0 Å². The average Bonchev–Trinajstić information content (AvgIpc) is 3.14. The second-order valence-electron chi connectivity index (χ2n) is 4.84. The molecule has 94 valence electrons. The molecule has 0 amide bonds. The van der Waals surface area contributed by atoms with Crippen LogP contribution in [0.25, 0.3) is 0 Å². The SMILES string of the molecule is CCOc1cc(N(C)C(C)C2CC2)ccc1N. The Morgan fingerprint density at radius 3 is 2.76 bits per heavy atom. The van der Waals surface area contributed by atoms with Gasteiger partial charge in [0.25, 0.3) is 0 Å². The van der Waals surface area contributed by atoms with Gasteiger partial charge in [0.2, 0.25) is 0 Å². The molecule has 1 fully saturated rings. The number of hydrogen-bond acceptors (Lipinski definition) is 3. The third-order valence-corrected chi connectivity index (χ3v) is 3.62. The molecule has 1 unspecified atom stereocenters. The molecule has 3 nitrogen and oxygen atoms in total. The van der Waals surface area contributed by atoms with Crippen molar-refractivity contribution in [3.63, 3.8) is 0 Å². The van der Waals surface area contributed by atoms with Gasteiger partial charge in [-0.3, -0.25) is 0 Å². The van der Waals surface area contributed by atoms with Gasteiger partial charge in [-0.05, 0) is 44.7 Å².